The summed E-state index contributed by atoms with van der Waals surface area (Å²) in [5, 5.41) is 13.5. The Hall–Kier alpha value is -3.88. The number of carbonyl (C=O) groups is 1. The van der Waals surface area contributed by atoms with Gasteiger partial charge in [0.1, 0.15) is 11.6 Å². The van der Waals surface area contributed by atoms with Gasteiger partial charge in [-0.05, 0) is 25.1 Å². The van der Waals surface area contributed by atoms with E-state index in [-0.39, 0.29) is 6.54 Å². The summed E-state index contributed by atoms with van der Waals surface area (Å²) in [5.41, 5.74) is 2.90. The average Bonchev–Trinajstić information content (AvgIpc) is 3.11. The van der Waals surface area contributed by atoms with Gasteiger partial charge in [-0.2, -0.15) is 5.10 Å². The minimum absolute atomic E-state index is 0.187. The van der Waals surface area contributed by atoms with Gasteiger partial charge in [-0.3, -0.25) is 14.9 Å². The summed E-state index contributed by atoms with van der Waals surface area (Å²) >= 11 is 0. The summed E-state index contributed by atoms with van der Waals surface area (Å²) in [5.74, 6) is 1.14. The Morgan fingerprint density at radius 1 is 1.21 bits per heavy atom. The van der Waals surface area contributed by atoms with Gasteiger partial charge in [0.25, 0.3) is 0 Å². The molecular weight excluding hydrogens is 361 g/mol. The molecule has 4 aromatic rings. The van der Waals surface area contributed by atoms with E-state index < -0.39 is 5.82 Å². The lowest BCUT2D eigenvalue weighted by Crippen LogP contribution is -2.14. The zero-order valence-corrected chi connectivity index (χ0v) is 14.9. The first-order chi connectivity index (χ1) is 13.6. The molecule has 9 heteroatoms. The number of nitrogens with zero attached hydrogens (tertiary/aromatic N) is 4. The molecule has 0 unspecified atom stereocenters. The Labute approximate surface area is 159 Å². The molecular formula is C19H16FN7O. The average molecular weight is 377 g/mol. The van der Waals surface area contributed by atoms with E-state index in [9.17, 15) is 9.18 Å². The molecule has 0 aliphatic heterocycles. The maximum Gasteiger partial charge on any atom is 0.207 e. The number of rotatable bonds is 6. The number of aryl methyl sites for hydroxylation is 1. The normalized spacial score (nSPS) is 10.8. The number of carbonyl (C=O) groups excluding carboxylic acids is 1. The van der Waals surface area contributed by atoms with Crippen LogP contribution in [0.2, 0.25) is 0 Å². The minimum atomic E-state index is -0.409. The number of fused-ring (bicyclic) bond motifs is 1. The molecule has 3 aromatic heterocycles. The number of amides is 1. The fraction of sp³-hybridized carbons (Fsp3) is 0.105. The SMILES string of the molecule is Cc1cc(Nc2nc(CNC=O)nc3cccc(-c4ccc(F)cn4)c23)n[nH]1. The van der Waals surface area contributed by atoms with E-state index in [1.165, 1.54) is 12.3 Å². The van der Waals surface area contributed by atoms with Gasteiger partial charge in [0.2, 0.25) is 6.41 Å². The van der Waals surface area contributed by atoms with E-state index in [1.807, 2.05) is 31.2 Å². The Kier molecular flexibility index (Phi) is 4.63. The first kappa shape index (κ1) is 17.5. The third-order valence-electron chi connectivity index (χ3n) is 4.07. The van der Waals surface area contributed by atoms with E-state index in [2.05, 4.69) is 35.8 Å². The van der Waals surface area contributed by atoms with Crippen LogP contribution in [0.1, 0.15) is 11.5 Å². The Morgan fingerprint density at radius 3 is 2.82 bits per heavy atom. The van der Waals surface area contributed by atoms with Crippen molar-refractivity contribution in [3.63, 3.8) is 0 Å². The Morgan fingerprint density at radius 2 is 2.11 bits per heavy atom. The molecule has 4 rings (SSSR count). The summed E-state index contributed by atoms with van der Waals surface area (Å²) in [7, 11) is 0. The Bertz CT molecular complexity index is 1140. The molecule has 0 fully saturated rings. The standard InChI is InChI=1S/C19H16FN7O/c1-11-7-16(27-26-11)24-19-18-13(14-6-5-12(20)8-22-14)3-2-4-15(18)23-17(25-19)9-21-10-28/h2-8,10H,9H2,1H3,(H,21,28)(H2,23,24,25,26,27). The molecule has 1 amide bonds. The van der Waals surface area contributed by atoms with Crippen LogP contribution in [0.15, 0.2) is 42.6 Å². The van der Waals surface area contributed by atoms with Crippen LogP contribution in [0.5, 0.6) is 0 Å². The zero-order chi connectivity index (χ0) is 19.5. The van der Waals surface area contributed by atoms with E-state index in [1.54, 1.807) is 6.07 Å². The Balaban J connectivity index is 1.90. The number of H-pyrrole nitrogens is 1. The van der Waals surface area contributed by atoms with Crippen LogP contribution < -0.4 is 10.6 Å². The van der Waals surface area contributed by atoms with Gasteiger partial charge in [-0.1, -0.05) is 12.1 Å². The molecule has 8 nitrogen and oxygen atoms in total. The molecule has 140 valence electrons. The second-order valence-corrected chi connectivity index (χ2v) is 6.11. The number of hydrogen-bond acceptors (Lipinski definition) is 6. The second-order valence-electron chi connectivity index (χ2n) is 6.11. The topological polar surface area (TPSA) is 108 Å². The molecule has 0 saturated heterocycles. The van der Waals surface area contributed by atoms with Gasteiger partial charge in [0.05, 0.1) is 29.3 Å². The maximum atomic E-state index is 13.3. The van der Waals surface area contributed by atoms with Crippen molar-refractivity contribution in [1.29, 1.82) is 0 Å². The first-order valence-electron chi connectivity index (χ1n) is 8.51. The molecule has 3 N–H and O–H groups in total. The molecule has 0 atom stereocenters. The van der Waals surface area contributed by atoms with Crippen LogP contribution in [-0.2, 0) is 11.3 Å². The van der Waals surface area contributed by atoms with Crippen LogP contribution in [0.25, 0.3) is 22.2 Å². The largest absolute Gasteiger partial charge is 0.351 e. The predicted molar refractivity (Wildman–Crippen MR) is 102 cm³/mol. The molecule has 3 heterocycles. The smallest absolute Gasteiger partial charge is 0.207 e. The third-order valence-corrected chi connectivity index (χ3v) is 4.07. The summed E-state index contributed by atoms with van der Waals surface area (Å²) in [6.45, 7) is 2.08. The summed E-state index contributed by atoms with van der Waals surface area (Å²) in [6.07, 6.45) is 1.76. The molecule has 28 heavy (non-hydrogen) atoms. The number of aromatic nitrogens is 5. The minimum Gasteiger partial charge on any atom is -0.351 e. The van der Waals surface area contributed by atoms with Gasteiger partial charge < -0.3 is 10.6 Å². The highest BCUT2D eigenvalue weighted by Crippen LogP contribution is 2.32. The second kappa shape index (κ2) is 7.39. The number of nitrogens with one attached hydrogen (secondary N) is 3. The fourth-order valence-corrected chi connectivity index (χ4v) is 2.89. The van der Waals surface area contributed by atoms with Crippen LogP contribution in [0.3, 0.4) is 0 Å². The highest BCUT2D eigenvalue weighted by molar-refractivity contribution is 6.01. The summed E-state index contributed by atoms with van der Waals surface area (Å²) < 4.78 is 13.3. The van der Waals surface area contributed by atoms with Crippen LogP contribution in [0.4, 0.5) is 16.0 Å². The number of anilines is 2. The van der Waals surface area contributed by atoms with Crippen molar-refractivity contribution in [2.45, 2.75) is 13.5 Å². The van der Waals surface area contributed by atoms with Crippen molar-refractivity contribution in [3.05, 3.63) is 59.9 Å². The van der Waals surface area contributed by atoms with Crippen molar-refractivity contribution in [1.82, 2.24) is 30.5 Å². The summed E-state index contributed by atoms with van der Waals surface area (Å²) in [4.78, 5) is 23.9. The van der Waals surface area contributed by atoms with Crippen molar-refractivity contribution in [2.24, 2.45) is 0 Å². The van der Waals surface area contributed by atoms with Crippen molar-refractivity contribution < 1.29 is 9.18 Å². The number of benzene rings is 1. The molecule has 0 radical (unpaired) electrons. The van der Waals surface area contributed by atoms with Gasteiger partial charge in [0.15, 0.2) is 11.6 Å². The number of hydrogen-bond donors (Lipinski definition) is 3. The highest BCUT2D eigenvalue weighted by Gasteiger charge is 2.15. The number of pyridine rings is 1. The van der Waals surface area contributed by atoms with E-state index in [0.29, 0.717) is 35.1 Å². The lowest BCUT2D eigenvalue weighted by molar-refractivity contribution is -0.109. The van der Waals surface area contributed by atoms with Crippen LogP contribution >= 0.6 is 0 Å². The molecule has 0 aliphatic rings. The van der Waals surface area contributed by atoms with Gasteiger partial charge in [0, 0.05) is 17.3 Å². The van der Waals surface area contributed by atoms with Gasteiger partial charge in [-0.15, -0.1) is 0 Å². The van der Waals surface area contributed by atoms with E-state index >= 15 is 0 Å². The number of aromatic amines is 1. The van der Waals surface area contributed by atoms with E-state index in [0.717, 1.165) is 16.6 Å². The molecule has 1 aromatic carbocycles. The number of halogens is 1. The van der Waals surface area contributed by atoms with Gasteiger partial charge in [-0.25, -0.2) is 14.4 Å². The monoisotopic (exact) mass is 377 g/mol. The van der Waals surface area contributed by atoms with E-state index in [4.69, 9.17) is 0 Å². The third kappa shape index (κ3) is 3.50. The lowest BCUT2D eigenvalue weighted by atomic mass is 10.0. The highest BCUT2D eigenvalue weighted by atomic mass is 19.1. The van der Waals surface area contributed by atoms with Gasteiger partial charge >= 0.3 is 0 Å². The van der Waals surface area contributed by atoms with Crippen LogP contribution in [-0.4, -0.2) is 31.6 Å². The van der Waals surface area contributed by atoms with Crippen molar-refractivity contribution in [2.75, 3.05) is 5.32 Å². The molecule has 0 saturated carbocycles. The molecule has 0 aliphatic carbocycles. The first-order valence-corrected chi connectivity index (χ1v) is 8.51. The summed E-state index contributed by atoms with van der Waals surface area (Å²) in [6, 6.07) is 10.4. The maximum absolute atomic E-state index is 13.3. The fourth-order valence-electron chi connectivity index (χ4n) is 2.89. The quantitative estimate of drug-likeness (QED) is 0.446. The predicted octanol–water partition coefficient (Wildman–Crippen LogP) is 2.85. The van der Waals surface area contributed by atoms with Crippen molar-refractivity contribution in [3.8, 4) is 11.3 Å². The lowest BCUT2D eigenvalue weighted by Gasteiger charge is -2.13. The molecule has 0 spiro atoms. The molecule has 0 bridgehead atoms. The van der Waals surface area contributed by atoms with Crippen molar-refractivity contribution >= 4 is 28.9 Å². The van der Waals surface area contributed by atoms with Crippen LogP contribution in [0, 0.1) is 12.7 Å². The zero-order valence-electron chi connectivity index (χ0n) is 14.9.